The summed E-state index contributed by atoms with van der Waals surface area (Å²) in [5.74, 6) is 0.737. The van der Waals surface area contributed by atoms with Gasteiger partial charge in [-0.05, 0) is 44.4 Å². The van der Waals surface area contributed by atoms with E-state index in [1.165, 1.54) is 5.56 Å². The van der Waals surface area contributed by atoms with Crippen molar-refractivity contribution in [3.05, 3.63) is 59.8 Å². The largest absolute Gasteiger partial charge is 0.376 e. The van der Waals surface area contributed by atoms with Gasteiger partial charge in [-0.25, -0.2) is 4.98 Å². The van der Waals surface area contributed by atoms with Gasteiger partial charge in [0.25, 0.3) is 5.91 Å². The zero-order chi connectivity index (χ0) is 18.4. The number of hydrogen-bond donors (Lipinski definition) is 1. The lowest BCUT2D eigenvalue weighted by Gasteiger charge is -2.28. The molecule has 5 nitrogen and oxygen atoms in total. The summed E-state index contributed by atoms with van der Waals surface area (Å²) in [5, 5.41) is 2.98. The zero-order valence-electron chi connectivity index (χ0n) is 15.5. The Balaban J connectivity index is 1.70. The number of amides is 1. The molecule has 1 aromatic carbocycles. The zero-order valence-corrected chi connectivity index (χ0v) is 15.5. The number of benzene rings is 1. The van der Waals surface area contributed by atoms with Crippen molar-refractivity contribution in [1.29, 1.82) is 0 Å². The van der Waals surface area contributed by atoms with Crippen LogP contribution in [0.2, 0.25) is 0 Å². The van der Waals surface area contributed by atoms with Crippen molar-refractivity contribution in [2.45, 2.75) is 45.4 Å². The highest BCUT2D eigenvalue weighted by molar-refractivity contribution is 5.94. The number of carbonyl (C=O) groups excluding carboxylic acids is 1. The van der Waals surface area contributed by atoms with E-state index in [0.29, 0.717) is 12.1 Å². The van der Waals surface area contributed by atoms with Crippen LogP contribution in [-0.4, -0.2) is 36.2 Å². The first-order valence-corrected chi connectivity index (χ1v) is 9.30. The first-order chi connectivity index (χ1) is 12.6. The number of pyridine rings is 1. The molecule has 1 atom stereocenters. The predicted molar refractivity (Wildman–Crippen MR) is 103 cm³/mol. The Morgan fingerprint density at radius 3 is 2.81 bits per heavy atom. The quantitative estimate of drug-likeness (QED) is 0.829. The van der Waals surface area contributed by atoms with Crippen LogP contribution in [0.1, 0.15) is 42.6 Å². The van der Waals surface area contributed by atoms with E-state index >= 15 is 0 Å². The number of nitrogens with zero attached hydrogens (tertiary/aromatic N) is 2. The number of anilines is 1. The molecule has 1 amide bonds. The van der Waals surface area contributed by atoms with Crippen LogP contribution < -0.4 is 10.2 Å². The Hall–Kier alpha value is -2.40. The summed E-state index contributed by atoms with van der Waals surface area (Å²) in [6.07, 6.45) is 3.94. The van der Waals surface area contributed by atoms with Gasteiger partial charge in [0.1, 0.15) is 5.82 Å². The highest BCUT2D eigenvalue weighted by Gasteiger charge is 2.18. The van der Waals surface area contributed by atoms with Crippen LogP contribution in [0.25, 0.3) is 0 Å². The molecule has 1 N–H and O–H groups in total. The van der Waals surface area contributed by atoms with Crippen LogP contribution in [0.3, 0.4) is 0 Å². The minimum atomic E-state index is -0.0763. The molecule has 1 aliphatic heterocycles. The summed E-state index contributed by atoms with van der Waals surface area (Å²) < 4.78 is 5.56. The van der Waals surface area contributed by atoms with Crippen LogP contribution in [0, 0.1) is 0 Å². The average molecular weight is 353 g/mol. The third-order valence-corrected chi connectivity index (χ3v) is 4.64. The molecule has 3 rings (SSSR count). The molecule has 0 saturated carbocycles. The summed E-state index contributed by atoms with van der Waals surface area (Å²) in [6, 6.07) is 14.2. The summed E-state index contributed by atoms with van der Waals surface area (Å²) >= 11 is 0. The van der Waals surface area contributed by atoms with Crippen molar-refractivity contribution < 1.29 is 9.53 Å². The first kappa shape index (κ1) is 18.4. The van der Waals surface area contributed by atoms with Crippen molar-refractivity contribution in [2.75, 3.05) is 18.1 Å². The third-order valence-electron chi connectivity index (χ3n) is 4.64. The summed E-state index contributed by atoms with van der Waals surface area (Å²) in [4.78, 5) is 19.2. The van der Waals surface area contributed by atoms with Gasteiger partial charge in [0.05, 0.1) is 6.10 Å². The van der Waals surface area contributed by atoms with Gasteiger partial charge in [0.2, 0.25) is 0 Å². The molecule has 1 unspecified atom stereocenters. The molecule has 1 saturated heterocycles. The van der Waals surface area contributed by atoms with Crippen LogP contribution >= 0.6 is 0 Å². The number of nitrogens with one attached hydrogen (secondary N) is 1. The Morgan fingerprint density at radius 1 is 1.31 bits per heavy atom. The fourth-order valence-electron chi connectivity index (χ4n) is 3.14. The molecule has 0 spiro atoms. The lowest BCUT2D eigenvalue weighted by molar-refractivity contribution is 0.0857. The van der Waals surface area contributed by atoms with Gasteiger partial charge >= 0.3 is 0 Å². The molecule has 0 aliphatic carbocycles. The highest BCUT2D eigenvalue weighted by atomic mass is 16.5. The van der Waals surface area contributed by atoms with Gasteiger partial charge in [-0.15, -0.1) is 0 Å². The fourth-order valence-corrected chi connectivity index (χ4v) is 3.14. The summed E-state index contributed by atoms with van der Waals surface area (Å²) in [7, 11) is 0. The van der Waals surface area contributed by atoms with Crippen LogP contribution in [0.15, 0.2) is 48.7 Å². The highest BCUT2D eigenvalue weighted by Crippen LogP contribution is 2.19. The maximum Gasteiger partial charge on any atom is 0.251 e. The van der Waals surface area contributed by atoms with Crippen LogP contribution in [0.5, 0.6) is 0 Å². The number of ether oxygens (including phenoxy) is 1. The molecule has 0 radical (unpaired) electrons. The molecule has 0 bridgehead atoms. The lowest BCUT2D eigenvalue weighted by atomic mass is 10.1. The number of aromatic nitrogens is 1. The number of hydrogen-bond acceptors (Lipinski definition) is 4. The smallest absolute Gasteiger partial charge is 0.251 e. The average Bonchev–Trinajstić information content (AvgIpc) is 3.18. The monoisotopic (exact) mass is 353 g/mol. The summed E-state index contributed by atoms with van der Waals surface area (Å²) in [6.45, 7) is 6.38. The number of carbonyl (C=O) groups is 1. The first-order valence-electron chi connectivity index (χ1n) is 9.30. The van der Waals surface area contributed by atoms with E-state index in [2.05, 4.69) is 41.2 Å². The minimum absolute atomic E-state index is 0.0763. The van der Waals surface area contributed by atoms with E-state index in [1.54, 1.807) is 12.3 Å². The van der Waals surface area contributed by atoms with E-state index in [1.807, 2.05) is 24.3 Å². The van der Waals surface area contributed by atoms with Crippen molar-refractivity contribution in [2.24, 2.45) is 0 Å². The second kappa shape index (κ2) is 8.81. The molecule has 2 aromatic rings. The van der Waals surface area contributed by atoms with E-state index < -0.39 is 0 Å². The Kier molecular flexibility index (Phi) is 6.23. The van der Waals surface area contributed by atoms with Gasteiger partial charge in [0.15, 0.2) is 0 Å². The van der Waals surface area contributed by atoms with Gasteiger partial charge in [-0.3, -0.25) is 4.79 Å². The van der Waals surface area contributed by atoms with E-state index in [-0.39, 0.29) is 18.1 Å². The van der Waals surface area contributed by atoms with Gasteiger partial charge in [0, 0.05) is 37.5 Å². The molecule has 26 heavy (non-hydrogen) atoms. The van der Waals surface area contributed by atoms with E-state index in [9.17, 15) is 4.79 Å². The van der Waals surface area contributed by atoms with Crippen molar-refractivity contribution in [3.8, 4) is 0 Å². The third kappa shape index (κ3) is 4.82. The maximum absolute atomic E-state index is 12.5. The van der Waals surface area contributed by atoms with Crippen LogP contribution in [0.4, 0.5) is 5.82 Å². The normalized spacial score (nSPS) is 16.7. The van der Waals surface area contributed by atoms with Crippen molar-refractivity contribution in [3.63, 3.8) is 0 Å². The second-order valence-electron chi connectivity index (χ2n) is 6.96. The maximum atomic E-state index is 12.5. The topological polar surface area (TPSA) is 54.5 Å². The molecule has 2 heterocycles. The molecular formula is C21H27N3O2. The van der Waals surface area contributed by atoms with Gasteiger partial charge in [-0.1, -0.05) is 30.3 Å². The molecule has 1 aliphatic rings. The molecule has 1 fully saturated rings. The molecule has 5 heteroatoms. The standard InChI is InChI=1S/C21H27N3O2/c1-16(2)24(15-17-7-4-3-5-8-17)20-13-18(10-11-22-20)21(25)23-14-19-9-6-12-26-19/h3-5,7-8,10-11,13,16,19H,6,9,12,14-15H2,1-2H3,(H,23,25). The molecule has 138 valence electrons. The molecule has 1 aromatic heterocycles. The van der Waals surface area contributed by atoms with Crippen molar-refractivity contribution in [1.82, 2.24) is 10.3 Å². The van der Waals surface area contributed by atoms with Crippen LogP contribution in [-0.2, 0) is 11.3 Å². The Labute approximate surface area is 155 Å². The van der Waals surface area contributed by atoms with Gasteiger partial charge in [-0.2, -0.15) is 0 Å². The lowest BCUT2D eigenvalue weighted by Crippen LogP contribution is -2.33. The van der Waals surface area contributed by atoms with Crippen molar-refractivity contribution >= 4 is 11.7 Å². The van der Waals surface area contributed by atoms with E-state index in [4.69, 9.17) is 4.74 Å². The second-order valence-corrected chi connectivity index (χ2v) is 6.96. The fraction of sp³-hybridized carbons (Fsp3) is 0.429. The van der Waals surface area contributed by atoms with E-state index in [0.717, 1.165) is 31.8 Å². The Morgan fingerprint density at radius 2 is 2.12 bits per heavy atom. The predicted octanol–water partition coefficient (Wildman–Crippen LogP) is 3.41. The molecular weight excluding hydrogens is 326 g/mol. The van der Waals surface area contributed by atoms with Gasteiger partial charge < -0.3 is 15.0 Å². The SMILES string of the molecule is CC(C)N(Cc1ccccc1)c1cc(C(=O)NCC2CCCO2)ccn1. The Bertz CT molecular complexity index is 712. The number of rotatable bonds is 7. The minimum Gasteiger partial charge on any atom is -0.376 e. The summed E-state index contributed by atoms with van der Waals surface area (Å²) in [5.41, 5.74) is 1.85.